The Hall–Kier alpha value is -3.74. The number of aromatic nitrogens is 4. The van der Waals surface area contributed by atoms with Gasteiger partial charge < -0.3 is 14.8 Å². The van der Waals surface area contributed by atoms with Crippen LogP contribution in [0.5, 0.6) is 0 Å². The molecule has 10 heteroatoms. The van der Waals surface area contributed by atoms with Crippen molar-refractivity contribution in [3.63, 3.8) is 0 Å². The van der Waals surface area contributed by atoms with Crippen LogP contribution in [0.4, 0.5) is 10.1 Å². The van der Waals surface area contributed by atoms with Gasteiger partial charge in [-0.3, -0.25) is 14.3 Å². The first-order valence-corrected chi connectivity index (χ1v) is 9.60. The number of carbonyl (C=O) groups excluding carboxylic acids is 1. The molecule has 1 N–H and O–H groups in total. The molecule has 3 heterocycles. The molecular weight excluding hydrogens is 389 g/mol. The number of hydrogen-bond donors (Lipinski definition) is 1. The second-order valence-corrected chi connectivity index (χ2v) is 7.13. The van der Waals surface area contributed by atoms with Crippen LogP contribution in [-0.2, 0) is 18.3 Å². The number of hydrogen-bond acceptors (Lipinski definition) is 6. The van der Waals surface area contributed by atoms with E-state index in [1.165, 1.54) is 16.9 Å². The lowest BCUT2D eigenvalue weighted by Gasteiger charge is -2.36. The van der Waals surface area contributed by atoms with Gasteiger partial charge in [0, 0.05) is 46.1 Å². The van der Waals surface area contributed by atoms with Gasteiger partial charge in [-0.1, -0.05) is 6.07 Å². The molecule has 0 radical (unpaired) electrons. The molecule has 30 heavy (non-hydrogen) atoms. The maximum absolute atomic E-state index is 13.9. The average Bonchev–Trinajstić information content (AvgIpc) is 3.13. The summed E-state index contributed by atoms with van der Waals surface area (Å²) in [5.74, 6) is -0.135. The summed E-state index contributed by atoms with van der Waals surface area (Å²) in [6.45, 7) is 1.98. The molecule has 0 aliphatic carbocycles. The van der Waals surface area contributed by atoms with E-state index in [9.17, 15) is 19.2 Å². The van der Waals surface area contributed by atoms with E-state index in [0.29, 0.717) is 55.1 Å². The zero-order valence-electron chi connectivity index (χ0n) is 16.4. The van der Waals surface area contributed by atoms with E-state index in [-0.39, 0.29) is 23.5 Å². The number of piperazine rings is 1. The zero-order valence-corrected chi connectivity index (χ0v) is 16.4. The Kier molecular flexibility index (Phi) is 5.18. The van der Waals surface area contributed by atoms with Crippen LogP contribution in [0.25, 0.3) is 11.0 Å². The van der Waals surface area contributed by atoms with E-state index >= 15 is 0 Å². The summed E-state index contributed by atoms with van der Waals surface area (Å²) >= 11 is 0. The number of nitrogens with zero attached hydrogens (tertiary/aromatic N) is 6. The number of nitriles is 1. The van der Waals surface area contributed by atoms with Crippen LogP contribution >= 0.6 is 0 Å². The van der Waals surface area contributed by atoms with Gasteiger partial charge in [0.25, 0.3) is 5.56 Å². The molecule has 0 unspecified atom stereocenters. The summed E-state index contributed by atoms with van der Waals surface area (Å²) in [5.41, 5.74) is 0.791. The summed E-state index contributed by atoms with van der Waals surface area (Å²) in [4.78, 5) is 35.5. The number of amides is 1. The first-order chi connectivity index (χ1) is 14.5. The van der Waals surface area contributed by atoms with Gasteiger partial charge in [-0.15, -0.1) is 0 Å². The average molecular weight is 409 g/mol. The Morgan fingerprint density at radius 3 is 2.80 bits per heavy atom. The Morgan fingerprint density at radius 2 is 2.07 bits per heavy atom. The predicted octanol–water partition coefficient (Wildman–Crippen LogP) is 0.949. The van der Waals surface area contributed by atoms with Crippen molar-refractivity contribution in [1.29, 1.82) is 5.26 Å². The largest absolute Gasteiger partial charge is 0.367 e. The minimum atomic E-state index is -0.541. The van der Waals surface area contributed by atoms with Gasteiger partial charge in [0.2, 0.25) is 5.91 Å². The van der Waals surface area contributed by atoms with Gasteiger partial charge in [-0.2, -0.15) is 10.4 Å². The molecule has 1 saturated heterocycles. The van der Waals surface area contributed by atoms with E-state index < -0.39 is 5.82 Å². The van der Waals surface area contributed by atoms with Crippen molar-refractivity contribution in [3.8, 4) is 6.07 Å². The monoisotopic (exact) mass is 409 g/mol. The smallest absolute Gasteiger partial charge is 0.262 e. The number of H-pyrrole nitrogens is 1. The molecule has 2 aromatic heterocycles. The lowest BCUT2D eigenvalue weighted by Crippen LogP contribution is -2.49. The maximum Gasteiger partial charge on any atom is 0.262 e. The lowest BCUT2D eigenvalue weighted by molar-refractivity contribution is -0.131. The first-order valence-electron chi connectivity index (χ1n) is 9.60. The number of halogens is 1. The van der Waals surface area contributed by atoms with Crippen LogP contribution < -0.4 is 10.5 Å². The minimum absolute atomic E-state index is 0.0258. The third kappa shape index (κ3) is 3.61. The van der Waals surface area contributed by atoms with E-state index in [1.807, 2.05) is 11.0 Å². The second-order valence-electron chi connectivity index (χ2n) is 7.13. The van der Waals surface area contributed by atoms with Crippen molar-refractivity contribution in [1.82, 2.24) is 24.6 Å². The molecule has 0 spiro atoms. The van der Waals surface area contributed by atoms with E-state index in [4.69, 9.17) is 0 Å². The summed E-state index contributed by atoms with van der Waals surface area (Å²) in [7, 11) is 1.71. The first kappa shape index (κ1) is 19.6. The molecule has 1 aliphatic heterocycles. The van der Waals surface area contributed by atoms with Crippen LogP contribution in [0.2, 0.25) is 0 Å². The fourth-order valence-electron chi connectivity index (χ4n) is 3.66. The van der Waals surface area contributed by atoms with Crippen molar-refractivity contribution in [3.05, 3.63) is 52.0 Å². The van der Waals surface area contributed by atoms with Crippen LogP contribution in [0.1, 0.15) is 17.8 Å². The topological polar surface area (TPSA) is 111 Å². The van der Waals surface area contributed by atoms with Gasteiger partial charge in [0.15, 0.2) is 5.65 Å². The molecule has 0 saturated carbocycles. The summed E-state index contributed by atoms with van der Waals surface area (Å²) in [6.07, 6.45) is 2.00. The Labute approximate surface area is 171 Å². The fourth-order valence-corrected chi connectivity index (χ4v) is 3.66. The summed E-state index contributed by atoms with van der Waals surface area (Å²) < 4.78 is 15.4. The quantitative estimate of drug-likeness (QED) is 0.687. The number of aryl methyl sites for hydroxylation is 2. The lowest BCUT2D eigenvalue weighted by atomic mass is 10.1. The van der Waals surface area contributed by atoms with E-state index in [2.05, 4.69) is 15.1 Å². The van der Waals surface area contributed by atoms with Gasteiger partial charge in [0.1, 0.15) is 28.7 Å². The molecule has 1 aliphatic rings. The molecule has 4 rings (SSSR count). The third-order valence-corrected chi connectivity index (χ3v) is 5.30. The van der Waals surface area contributed by atoms with Gasteiger partial charge in [-0.25, -0.2) is 9.37 Å². The highest BCUT2D eigenvalue weighted by molar-refractivity contribution is 5.77. The molecule has 0 bridgehead atoms. The van der Waals surface area contributed by atoms with Crippen LogP contribution in [-0.4, -0.2) is 56.7 Å². The molecule has 1 aromatic carbocycles. The van der Waals surface area contributed by atoms with Crippen LogP contribution in [0, 0.1) is 17.1 Å². The number of nitrogens with one attached hydrogen (secondary N) is 1. The number of anilines is 1. The van der Waals surface area contributed by atoms with Crippen molar-refractivity contribution in [2.45, 2.75) is 12.8 Å². The SMILES string of the molecule is Cn1ncc2c(=O)[nH]c(CCC(=O)N3CCN(c4cccc(F)c4C#N)CC3)nc21. The highest BCUT2D eigenvalue weighted by Crippen LogP contribution is 2.23. The summed E-state index contributed by atoms with van der Waals surface area (Å²) in [6, 6.07) is 6.48. The number of rotatable bonds is 4. The molecule has 1 fully saturated rings. The van der Waals surface area contributed by atoms with Crippen molar-refractivity contribution in [2.24, 2.45) is 7.05 Å². The van der Waals surface area contributed by atoms with Crippen molar-refractivity contribution >= 4 is 22.6 Å². The third-order valence-electron chi connectivity index (χ3n) is 5.30. The Morgan fingerprint density at radius 1 is 1.30 bits per heavy atom. The summed E-state index contributed by atoms with van der Waals surface area (Å²) in [5, 5.41) is 13.7. The molecular formula is C20H20FN7O2. The normalized spacial score (nSPS) is 14.2. The number of benzene rings is 1. The second kappa shape index (κ2) is 7.94. The number of fused-ring (bicyclic) bond motifs is 1. The fraction of sp³-hybridized carbons (Fsp3) is 0.350. The standard InChI is InChI=1S/C20H20FN7O2/c1-26-19-14(12-23-26)20(30)25-17(24-19)5-6-18(29)28-9-7-27(8-10-28)16-4-2-3-15(21)13(16)11-22/h2-4,12H,5-10H2,1H3,(H,24,25,30). The van der Waals surface area contributed by atoms with Crippen LogP contribution in [0.15, 0.2) is 29.2 Å². The van der Waals surface area contributed by atoms with Gasteiger partial charge in [0.05, 0.1) is 11.9 Å². The minimum Gasteiger partial charge on any atom is -0.367 e. The van der Waals surface area contributed by atoms with E-state index in [0.717, 1.165) is 0 Å². The Balaban J connectivity index is 1.37. The molecule has 9 nitrogen and oxygen atoms in total. The highest BCUT2D eigenvalue weighted by Gasteiger charge is 2.23. The maximum atomic E-state index is 13.9. The van der Waals surface area contributed by atoms with Gasteiger partial charge in [-0.05, 0) is 12.1 Å². The number of aromatic amines is 1. The number of carbonyl (C=O) groups is 1. The van der Waals surface area contributed by atoms with Crippen LogP contribution in [0.3, 0.4) is 0 Å². The zero-order chi connectivity index (χ0) is 21.3. The van der Waals surface area contributed by atoms with Crippen molar-refractivity contribution in [2.75, 3.05) is 31.1 Å². The molecule has 1 amide bonds. The Bertz CT molecular complexity index is 1200. The molecule has 3 aromatic rings. The molecule has 0 atom stereocenters. The molecule has 154 valence electrons. The van der Waals surface area contributed by atoms with E-state index in [1.54, 1.807) is 24.1 Å². The highest BCUT2D eigenvalue weighted by atomic mass is 19.1. The van der Waals surface area contributed by atoms with Gasteiger partial charge >= 0.3 is 0 Å². The predicted molar refractivity (Wildman–Crippen MR) is 107 cm³/mol. The van der Waals surface area contributed by atoms with Crippen molar-refractivity contribution < 1.29 is 9.18 Å².